The van der Waals surface area contributed by atoms with Crippen molar-refractivity contribution in [1.29, 1.82) is 0 Å². The van der Waals surface area contributed by atoms with Crippen molar-refractivity contribution in [3.05, 3.63) is 33.7 Å². The van der Waals surface area contributed by atoms with Gasteiger partial charge in [-0.25, -0.2) is 14.4 Å². The van der Waals surface area contributed by atoms with E-state index in [4.69, 9.17) is 23.4 Å². The lowest BCUT2D eigenvalue weighted by atomic mass is 10.1. The zero-order chi connectivity index (χ0) is 20.1. The summed E-state index contributed by atoms with van der Waals surface area (Å²) in [6.07, 6.45) is 2.31. The van der Waals surface area contributed by atoms with Crippen molar-refractivity contribution in [3.8, 4) is 11.5 Å². The summed E-state index contributed by atoms with van der Waals surface area (Å²) in [7, 11) is 0. The highest BCUT2D eigenvalue weighted by molar-refractivity contribution is 5.89. The maximum atomic E-state index is 12.4. The summed E-state index contributed by atoms with van der Waals surface area (Å²) >= 11 is 0. The first-order valence-electron chi connectivity index (χ1n) is 9.23. The number of hydrogen-bond acceptors (Lipinski definition) is 8. The van der Waals surface area contributed by atoms with Gasteiger partial charge in [0.25, 0.3) is 0 Å². The summed E-state index contributed by atoms with van der Waals surface area (Å²) in [5.74, 6) is -0.860. The highest BCUT2D eigenvalue weighted by Gasteiger charge is 2.24. The maximum Gasteiger partial charge on any atom is 0.344 e. The van der Waals surface area contributed by atoms with Crippen LogP contribution in [0.1, 0.15) is 31.4 Å². The van der Waals surface area contributed by atoms with Gasteiger partial charge in [0, 0.05) is 10.9 Å². The van der Waals surface area contributed by atoms with E-state index in [9.17, 15) is 14.4 Å². The molecule has 0 radical (unpaired) electrons. The van der Waals surface area contributed by atoms with Gasteiger partial charge in [0.1, 0.15) is 0 Å². The molecule has 0 fully saturated rings. The van der Waals surface area contributed by atoms with Gasteiger partial charge in [-0.2, -0.15) is 0 Å². The number of benzene rings is 1. The first-order chi connectivity index (χ1) is 13.5. The zero-order valence-electron chi connectivity index (χ0n) is 15.9. The molecule has 0 saturated heterocycles. The van der Waals surface area contributed by atoms with Crippen LogP contribution in [0.5, 0.6) is 11.5 Å². The number of fused-ring (bicyclic) bond motifs is 3. The standard InChI is InChI=1S/C20H22O8/c1-3-24-16(21)10-26-15-9-8-13-12-6-5-7-14(12)20(23)28-18(13)19(15)27-11-17(22)25-4-2/h8-9H,3-7,10-11H2,1-2H3. The first-order valence-corrected chi connectivity index (χ1v) is 9.23. The van der Waals surface area contributed by atoms with Gasteiger partial charge in [0.15, 0.2) is 24.5 Å². The van der Waals surface area contributed by atoms with Crippen LogP contribution >= 0.6 is 0 Å². The average Bonchev–Trinajstić information content (AvgIpc) is 3.16. The van der Waals surface area contributed by atoms with E-state index >= 15 is 0 Å². The molecule has 0 spiro atoms. The second-order valence-corrected chi connectivity index (χ2v) is 6.16. The molecule has 1 aromatic heterocycles. The van der Waals surface area contributed by atoms with Gasteiger partial charge in [0.05, 0.1) is 13.2 Å². The minimum absolute atomic E-state index is 0.0849. The molecular formula is C20H22O8. The van der Waals surface area contributed by atoms with E-state index in [1.807, 2.05) is 0 Å². The van der Waals surface area contributed by atoms with Crippen molar-refractivity contribution >= 4 is 22.9 Å². The van der Waals surface area contributed by atoms with Crippen LogP contribution in [0.2, 0.25) is 0 Å². The Balaban J connectivity index is 2.00. The van der Waals surface area contributed by atoms with E-state index < -0.39 is 17.6 Å². The van der Waals surface area contributed by atoms with Crippen LogP contribution < -0.4 is 15.1 Å². The molecule has 1 heterocycles. The molecule has 0 saturated carbocycles. The lowest BCUT2D eigenvalue weighted by Crippen LogP contribution is -2.17. The van der Waals surface area contributed by atoms with Crippen molar-refractivity contribution in [3.63, 3.8) is 0 Å². The molecule has 28 heavy (non-hydrogen) atoms. The molecule has 8 heteroatoms. The van der Waals surface area contributed by atoms with E-state index in [0.717, 1.165) is 23.8 Å². The second kappa shape index (κ2) is 8.77. The highest BCUT2D eigenvalue weighted by atomic mass is 16.6. The molecule has 0 unspecified atom stereocenters. The Morgan fingerprint density at radius 2 is 1.61 bits per heavy atom. The highest BCUT2D eigenvalue weighted by Crippen LogP contribution is 2.39. The van der Waals surface area contributed by atoms with Gasteiger partial charge in [-0.05, 0) is 50.8 Å². The van der Waals surface area contributed by atoms with E-state index in [1.165, 1.54) is 0 Å². The average molecular weight is 390 g/mol. The number of rotatable bonds is 8. The number of carbonyl (C=O) groups excluding carboxylic acids is 2. The predicted molar refractivity (Wildman–Crippen MR) is 98.8 cm³/mol. The third-order valence-electron chi connectivity index (χ3n) is 4.35. The van der Waals surface area contributed by atoms with E-state index in [0.29, 0.717) is 12.0 Å². The number of aryl methyl sites for hydroxylation is 1. The maximum absolute atomic E-state index is 12.4. The fourth-order valence-electron chi connectivity index (χ4n) is 3.23. The fraction of sp³-hybridized carbons (Fsp3) is 0.450. The van der Waals surface area contributed by atoms with Crippen LogP contribution in [-0.4, -0.2) is 38.4 Å². The lowest BCUT2D eigenvalue weighted by Gasteiger charge is -2.15. The molecule has 0 N–H and O–H groups in total. The smallest absolute Gasteiger partial charge is 0.344 e. The van der Waals surface area contributed by atoms with Crippen LogP contribution in [0.3, 0.4) is 0 Å². The van der Waals surface area contributed by atoms with Crippen LogP contribution in [0, 0.1) is 0 Å². The Labute approximate surface area is 161 Å². The number of ether oxygens (including phenoxy) is 4. The molecule has 150 valence electrons. The van der Waals surface area contributed by atoms with Crippen molar-refractivity contribution in [2.75, 3.05) is 26.4 Å². The number of esters is 2. The van der Waals surface area contributed by atoms with Crippen LogP contribution in [0.25, 0.3) is 11.0 Å². The lowest BCUT2D eigenvalue weighted by molar-refractivity contribution is -0.146. The van der Waals surface area contributed by atoms with E-state index in [1.54, 1.807) is 26.0 Å². The summed E-state index contributed by atoms with van der Waals surface area (Å²) in [6.45, 7) is 3.09. The Hall–Kier alpha value is -3.03. The second-order valence-electron chi connectivity index (χ2n) is 6.16. The summed E-state index contributed by atoms with van der Waals surface area (Å²) < 4.78 is 26.3. The van der Waals surface area contributed by atoms with Crippen LogP contribution in [0.4, 0.5) is 0 Å². The molecule has 3 rings (SSSR count). The molecule has 1 aliphatic carbocycles. The summed E-state index contributed by atoms with van der Waals surface area (Å²) in [5, 5.41) is 0.731. The topological polar surface area (TPSA) is 101 Å². The third kappa shape index (κ3) is 4.11. The molecule has 0 aliphatic heterocycles. The van der Waals surface area contributed by atoms with Gasteiger partial charge in [-0.3, -0.25) is 0 Å². The van der Waals surface area contributed by atoms with Crippen molar-refractivity contribution in [2.24, 2.45) is 0 Å². The molecule has 1 aromatic carbocycles. The van der Waals surface area contributed by atoms with Crippen molar-refractivity contribution in [2.45, 2.75) is 33.1 Å². The van der Waals surface area contributed by atoms with E-state index in [2.05, 4.69) is 0 Å². The Morgan fingerprint density at radius 1 is 0.964 bits per heavy atom. The van der Waals surface area contributed by atoms with Crippen LogP contribution in [0.15, 0.2) is 21.3 Å². The quantitative estimate of drug-likeness (QED) is 0.499. The van der Waals surface area contributed by atoms with Gasteiger partial charge >= 0.3 is 17.6 Å². The SMILES string of the molecule is CCOC(=O)COc1ccc2c3c(c(=O)oc2c1OCC(=O)OCC)CCC3. The number of carbonyl (C=O) groups is 2. The molecular weight excluding hydrogens is 368 g/mol. The van der Waals surface area contributed by atoms with Crippen LogP contribution in [-0.2, 0) is 31.9 Å². The molecule has 0 amide bonds. The minimum atomic E-state index is -0.570. The predicted octanol–water partition coefficient (Wildman–Crippen LogP) is 2.17. The van der Waals surface area contributed by atoms with Crippen molar-refractivity contribution < 1.29 is 33.0 Å². The Kier molecular flexibility index (Phi) is 6.18. The van der Waals surface area contributed by atoms with Crippen molar-refractivity contribution in [1.82, 2.24) is 0 Å². The molecule has 2 aromatic rings. The van der Waals surface area contributed by atoms with Gasteiger partial charge < -0.3 is 23.4 Å². The zero-order valence-corrected chi connectivity index (χ0v) is 15.9. The summed E-state index contributed by atoms with van der Waals surface area (Å²) in [5.41, 5.74) is 1.35. The monoisotopic (exact) mass is 390 g/mol. The van der Waals surface area contributed by atoms with Gasteiger partial charge in [0.2, 0.25) is 5.75 Å². The normalized spacial score (nSPS) is 12.5. The largest absolute Gasteiger partial charge is 0.478 e. The van der Waals surface area contributed by atoms with E-state index in [-0.39, 0.29) is 43.5 Å². The summed E-state index contributed by atoms with van der Waals surface area (Å²) in [4.78, 5) is 35.7. The first kappa shape index (κ1) is 19.7. The molecule has 8 nitrogen and oxygen atoms in total. The number of hydrogen-bond donors (Lipinski definition) is 0. The van der Waals surface area contributed by atoms with Gasteiger partial charge in [-0.15, -0.1) is 0 Å². The molecule has 1 aliphatic rings. The van der Waals surface area contributed by atoms with Gasteiger partial charge in [-0.1, -0.05) is 0 Å². The third-order valence-corrected chi connectivity index (χ3v) is 4.35. The minimum Gasteiger partial charge on any atom is -0.478 e. The summed E-state index contributed by atoms with van der Waals surface area (Å²) in [6, 6.07) is 3.39. The molecule has 0 atom stereocenters. The fourth-order valence-corrected chi connectivity index (χ4v) is 3.23. The Morgan fingerprint density at radius 3 is 2.29 bits per heavy atom. The Bertz CT molecular complexity index is 943. The molecule has 0 bridgehead atoms.